The summed E-state index contributed by atoms with van der Waals surface area (Å²) in [6.07, 6.45) is -0.548. The number of methoxy groups -OCH3 is 1. The summed E-state index contributed by atoms with van der Waals surface area (Å²) < 4.78 is 10.6. The number of carboxylic acids is 1. The van der Waals surface area contributed by atoms with E-state index in [4.69, 9.17) is 14.6 Å². The highest BCUT2D eigenvalue weighted by Crippen LogP contribution is 2.21. The van der Waals surface area contributed by atoms with Crippen LogP contribution in [-0.4, -0.2) is 54.8 Å². The Bertz CT molecular complexity index is 543. The predicted molar refractivity (Wildman–Crippen MR) is 75.6 cm³/mol. The van der Waals surface area contributed by atoms with Crippen LogP contribution in [0.3, 0.4) is 0 Å². The van der Waals surface area contributed by atoms with Crippen LogP contribution in [-0.2, 0) is 9.53 Å². The number of aliphatic carboxylic acids is 1. The largest absolute Gasteiger partial charge is 0.496 e. The smallest absolute Gasteiger partial charge is 0.306 e. The van der Waals surface area contributed by atoms with Crippen LogP contribution in [0.2, 0.25) is 0 Å². The molecule has 1 heterocycles. The minimum absolute atomic E-state index is 0.0962. The van der Waals surface area contributed by atoms with Crippen LogP contribution in [0.5, 0.6) is 5.75 Å². The quantitative estimate of drug-likeness (QED) is 0.906. The first-order valence-electron chi connectivity index (χ1n) is 6.78. The van der Waals surface area contributed by atoms with Gasteiger partial charge in [0.05, 0.1) is 26.2 Å². The van der Waals surface area contributed by atoms with Crippen molar-refractivity contribution in [2.24, 2.45) is 0 Å². The van der Waals surface area contributed by atoms with Crippen LogP contribution in [0.15, 0.2) is 18.2 Å². The predicted octanol–water partition coefficient (Wildman–Crippen LogP) is 1.32. The van der Waals surface area contributed by atoms with Crippen molar-refractivity contribution in [3.8, 4) is 5.75 Å². The average molecular weight is 293 g/mol. The van der Waals surface area contributed by atoms with Crippen LogP contribution >= 0.6 is 0 Å². The third-order valence-electron chi connectivity index (χ3n) is 3.48. The lowest BCUT2D eigenvalue weighted by Crippen LogP contribution is -2.46. The fraction of sp³-hybridized carbons (Fsp3) is 0.467. The van der Waals surface area contributed by atoms with E-state index < -0.39 is 12.1 Å². The molecule has 1 aromatic carbocycles. The number of carbonyl (C=O) groups is 2. The zero-order valence-corrected chi connectivity index (χ0v) is 12.2. The Morgan fingerprint density at radius 3 is 2.90 bits per heavy atom. The molecule has 6 heteroatoms. The van der Waals surface area contributed by atoms with E-state index in [0.717, 1.165) is 5.56 Å². The molecule has 1 aliphatic heterocycles. The number of carbonyl (C=O) groups excluding carboxylic acids is 1. The standard InChI is InChI=1S/C15H19NO5/c1-10-3-4-11(7-13(10)20-2)15(19)16-5-6-21-12(9-16)8-14(17)18/h3-4,7,12H,5-6,8-9H2,1-2H3,(H,17,18). The molecule has 114 valence electrons. The molecular formula is C15H19NO5. The molecule has 2 rings (SSSR count). The van der Waals surface area contributed by atoms with Gasteiger partial charge < -0.3 is 19.5 Å². The van der Waals surface area contributed by atoms with Crippen molar-refractivity contribution in [3.05, 3.63) is 29.3 Å². The molecule has 6 nitrogen and oxygen atoms in total. The van der Waals surface area contributed by atoms with Crippen LogP contribution in [0.25, 0.3) is 0 Å². The minimum Gasteiger partial charge on any atom is -0.496 e. The van der Waals surface area contributed by atoms with E-state index in [1.54, 1.807) is 24.1 Å². The van der Waals surface area contributed by atoms with Gasteiger partial charge in [-0.25, -0.2) is 0 Å². The molecule has 0 aliphatic carbocycles. The summed E-state index contributed by atoms with van der Waals surface area (Å²) in [4.78, 5) is 24.8. The molecule has 0 aromatic heterocycles. The van der Waals surface area contributed by atoms with Crippen LogP contribution in [0.4, 0.5) is 0 Å². The lowest BCUT2D eigenvalue weighted by molar-refractivity contribution is -0.141. The summed E-state index contributed by atoms with van der Waals surface area (Å²) in [5, 5.41) is 8.81. The first kappa shape index (κ1) is 15.3. The third kappa shape index (κ3) is 3.72. The van der Waals surface area contributed by atoms with Crippen LogP contribution in [0.1, 0.15) is 22.3 Å². The van der Waals surface area contributed by atoms with Crippen molar-refractivity contribution < 1.29 is 24.2 Å². The SMILES string of the molecule is COc1cc(C(=O)N2CCOC(CC(=O)O)C2)ccc1C. The number of rotatable bonds is 4. The first-order chi connectivity index (χ1) is 10.0. The number of benzene rings is 1. The second-order valence-corrected chi connectivity index (χ2v) is 5.03. The number of hydrogen-bond acceptors (Lipinski definition) is 4. The Balaban J connectivity index is 2.10. The van der Waals surface area contributed by atoms with E-state index in [2.05, 4.69) is 0 Å². The molecule has 0 saturated carbocycles. The Hall–Kier alpha value is -2.08. The van der Waals surface area contributed by atoms with Crippen molar-refractivity contribution in [1.82, 2.24) is 4.90 Å². The Morgan fingerprint density at radius 1 is 1.48 bits per heavy atom. The molecule has 1 saturated heterocycles. The molecular weight excluding hydrogens is 274 g/mol. The second-order valence-electron chi connectivity index (χ2n) is 5.03. The average Bonchev–Trinajstić information content (AvgIpc) is 2.46. The maximum atomic E-state index is 12.5. The Labute approximate surface area is 123 Å². The van der Waals surface area contributed by atoms with Gasteiger partial charge in [0, 0.05) is 18.7 Å². The minimum atomic E-state index is -0.925. The Kier molecular flexibility index (Phi) is 4.80. The summed E-state index contributed by atoms with van der Waals surface area (Å²) in [7, 11) is 1.56. The van der Waals surface area contributed by atoms with E-state index in [9.17, 15) is 9.59 Å². The third-order valence-corrected chi connectivity index (χ3v) is 3.48. The molecule has 1 N–H and O–H groups in total. The fourth-order valence-electron chi connectivity index (χ4n) is 2.36. The number of morpholine rings is 1. The number of hydrogen-bond donors (Lipinski definition) is 1. The molecule has 1 unspecified atom stereocenters. The van der Waals surface area contributed by atoms with Gasteiger partial charge in [-0.2, -0.15) is 0 Å². The first-order valence-corrected chi connectivity index (χ1v) is 6.78. The van der Waals surface area contributed by atoms with Gasteiger partial charge in [-0.1, -0.05) is 6.07 Å². The van der Waals surface area contributed by atoms with Gasteiger partial charge in [0.2, 0.25) is 0 Å². The molecule has 1 aliphatic rings. The molecule has 0 radical (unpaired) electrons. The Morgan fingerprint density at radius 2 is 2.24 bits per heavy atom. The van der Waals surface area contributed by atoms with Gasteiger partial charge in [0.1, 0.15) is 5.75 Å². The maximum Gasteiger partial charge on any atom is 0.306 e. The lowest BCUT2D eigenvalue weighted by atomic mass is 10.1. The van der Waals surface area contributed by atoms with Crippen molar-refractivity contribution in [2.75, 3.05) is 26.8 Å². The maximum absolute atomic E-state index is 12.5. The van der Waals surface area contributed by atoms with Crippen molar-refractivity contribution in [3.63, 3.8) is 0 Å². The molecule has 0 bridgehead atoms. The van der Waals surface area contributed by atoms with Crippen LogP contribution < -0.4 is 4.74 Å². The highest BCUT2D eigenvalue weighted by molar-refractivity contribution is 5.94. The van der Waals surface area contributed by atoms with Crippen molar-refractivity contribution in [2.45, 2.75) is 19.4 Å². The molecule has 1 amide bonds. The number of ether oxygens (including phenoxy) is 2. The van der Waals surface area contributed by atoms with Crippen molar-refractivity contribution >= 4 is 11.9 Å². The van der Waals surface area contributed by atoms with Gasteiger partial charge in [-0.3, -0.25) is 9.59 Å². The molecule has 0 spiro atoms. The summed E-state index contributed by atoms with van der Waals surface area (Å²) in [6, 6.07) is 5.29. The van der Waals surface area contributed by atoms with E-state index in [1.807, 2.05) is 13.0 Å². The van der Waals surface area contributed by atoms with E-state index in [-0.39, 0.29) is 12.3 Å². The van der Waals surface area contributed by atoms with Crippen LogP contribution in [0, 0.1) is 6.92 Å². The normalized spacial score (nSPS) is 18.4. The summed E-state index contributed by atoms with van der Waals surface area (Å²) in [5.74, 6) is -0.394. The van der Waals surface area contributed by atoms with Gasteiger partial charge in [-0.15, -0.1) is 0 Å². The van der Waals surface area contributed by atoms with E-state index in [1.165, 1.54) is 0 Å². The zero-order chi connectivity index (χ0) is 15.4. The molecule has 1 aromatic rings. The summed E-state index contributed by atoms with van der Waals surface area (Å²) >= 11 is 0. The van der Waals surface area contributed by atoms with Gasteiger partial charge in [-0.05, 0) is 24.6 Å². The van der Waals surface area contributed by atoms with Gasteiger partial charge in [0.15, 0.2) is 0 Å². The van der Waals surface area contributed by atoms with Crippen molar-refractivity contribution in [1.29, 1.82) is 0 Å². The summed E-state index contributed by atoms with van der Waals surface area (Å²) in [6.45, 7) is 3.02. The zero-order valence-electron chi connectivity index (χ0n) is 12.2. The molecule has 1 atom stereocenters. The lowest BCUT2D eigenvalue weighted by Gasteiger charge is -2.32. The molecule has 1 fully saturated rings. The van der Waals surface area contributed by atoms with Gasteiger partial charge >= 0.3 is 5.97 Å². The highest BCUT2D eigenvalue weighted by atomic mass is 16.5. The summed E-state index contributed by atoms with van der Waals surface area (Å²) in [5.41, 5.74) is 1.49. The van der Waals surface area contributed by atoms with E-state index >= 15 is 0 Å². The number of carboxylic acid groups (broad SMARTS) is 1. The monoisotopic (exact) mass is 293 g/mol. The molecule has 21 heavy (non-hydrogen) atoms. The van der Waals surface area contributed by atoms with E-state index in [0.29, 0.717) is 31.0 Å². The second kappa shape index (κ2) is 6.58. The number of nitrogens with zero attached hydrogens (tertiary/aromatic N) is 1. The number of aryl methyl sites for hydroxylation is 1. The topological polar surface area (TPSA) is 76.1 Å². The number of amides is 1. The van der Waals surface area contributed by atoms with Gasteiger partial charge in [0.25, 0.3) is 5.91 Å². The fourth-order valence-corrected chi connectivity index (χ4v) is 2.36. The highest BCUT2D eigenvalue weighted by Gasteiger charge is 2.26.